The lowest BCUT2D eigenvalue weighted by Crippen LogP contribution is -2.28. The first-order chi connectivity index (χ1) is 9.60. The van der Waals surface area contributed by atoms with Crippen LogP contribution in [0, 0.1) is 28.6 Å². The molecular formula is C16H21N3O. The van der Waals surface area contributed by atoms with Crippen molar-refractivity contribution in [3.05, 3.63) is 29.3 Å². The van der Waals surface area contributed by atoms with Gasteiger partial charge in [-0.3, -0.25) is 4.90 Å². The van der Waals surface area contributed by atoms with E-state index in [1.807, 2.05) is 18.2 Å². The molecule has 0 aliphatic carbocycles. The number of rotatable bonds is 7. The molecule has 0 atom stereocenters. The first kappa shape index (κ1) is 16.0. The Labute approximate surface area is 121 Å². The smallest absolute Gasteiger partial charge is 0.136 e. The number of nitriles is 2. The number of methoxy groups -OCH3 is 1. The first-order valence-electron chi connectivity index (χ1n) is 6.77. The normalized spacial score (nSPS) is 10.3. The van der Waals surface area contributed by atoms with Crippen molar-refractivity contribution in [3.8, 4) is 17.9 Å². The molecule has 0 amide bonds. The number of benzene rings is 1. The third kappa shape index (κ3) is 4.91. The summed E-state index contributed by atoms with van der Waals surface area (Å²) in [6.07, 6.45) is 0.522. The third-order valence-corrected chi connectivity index (χ3v) is 2.95. The van der Waals surface area contributed by atoms with Crippen LogP contribution in [0.4, 0.5) is 0 Å². The second kappa shape index (κ2) is 8.19. The molecule has 0 unspecified atom stereocenters. The molecule has 0 aliphatic rings. The minimum atomic E-state index is 0.522. The molecule has 4 heteroatoms. The van der Waals surface area contributed by atoms with Gasteiger partial charge in [-0.1, -0.05) is 19.9 Å². The molecule has 0 N–H and O–H groups in total. The van der Waals surface area contributed by atoms with E-state index in [0.29, 0.717) is 23.7 Å². The Morgan fingerprint density at radius 2 is 2.05 bits per heavy atom. The van der Waals surface area contributed by atoms with Crippen LogP contribution in [-0.2, 0) is 6.54 Å². The van der Waals surface area contributed by atoms with Gasteiger partial charge in [-0.05, 0) is 23.6 Å². The van der Waals surface area contributed by atoms with Crippen LogP contribution < -0.4 is 4.74 Å². The van der Waals surface area contributed by atoms with Crippen LogP contribution in [0.1, 0.15) is 31.4 Å². The molecule has 0 bridgehead atoms. The Bertz CT molecular complexity index is 511. The summed E-state index contributed by atoms with van der Waals surface area (Å²) in [7, 11) is 1.56. The van der Waals surface area contributed by atoms with Gasteiger partial charge in [0.2, 0.25) is 0 Å². The highest BCUT2D eigenvalue weighted by Crippen LogP contribution is 2.20. The standard InChI is InChI=1S/C16H21N3O/c1-13(2)11-19(8-4-7-17)12-14-5-6-16(20-3)15(9-14)10-18/h5-6,9,13H,4,8,11-12H2,1-3H3. The van der Waals surface area contributed by atoms with E-state index in [2.05, 4.69) is 30.9 Å². The molecule has 1 aromatic rings. The zero-order chi connectivity index (χ0) is 15.0. The summed E-state index contributed by atoms with van der Waals surface area (Å²) in [6.45, 7) is 6.76. The van der Waals surface area contributed by atoms with Crippen LogP contribution in [0.5, 0.6) is 5.75 Å². The number of ether oxygens (including phenoxy) is 1. The van der Waals surface area contributed by atoms with E-state index < -0.39 is 0 Å². The zero-order valence-corrected chi connectivity index (χ0v) is 12.4. The second-order valence-corrected chi connectivity index (χ2v) is 5.18. The Morgan fingerprint density at radius 3 is 2.60 bits per heavy atom. The Balaban J connectivity index is 2.82. The van der Waals surface area contributed by atoms with Crippen LogP contribution in [-0.4, -0.2) is 25.1 Å². The predicted molar refractivity (Wildman–Crippen MR) is 78.1 cm³/mol. The van der Waals surface area contributed by atoms with Gasteiger partial charge in [0, 0.05) is 26.1 Å². The monoisotopic (exact) mass is 271 g/mol. The van der Waals surface area contributed by atoms with E-state index in [-0.39, 0.29) is 0 Å². The van der Waals surface area contributed by atoms with Crippen molar-refractivity contribution < 1.29 is 4.74 Å². The van der Waals surface area contributed by atoms with Crippen molar-refractivity contribution in [2.45, 2.75) is 26.8 Å². The van der Waals surface area contributed by atoms with E-state index >= 15 is 0 Å². The number of nitrogens with zero attached hydrogens (tertiary/aromatic N) is 3. The van der Waals surface area contributed by atoms with Crippen LogP contribution in [0.15, 0.2) is 18.2 Å². The zero-order valence-electron chi connectivity index (χ0n) is 12.4. The summed E-state index contributed by atoms with van der Waals surface area (Å²) in [5, 5.41) is 17.8. The fraction of sp³-hybridized carbons (Fsp3) is 0.500. The molecule has 0 spiro atoms. The van der Waals surface area contributed by atoms with Crippen molar-refractivity contribution in [1.29, 1.82) is 10.5 Å². The Morgan fingerprint density at radius 1 is 1.30 bits per heavy atom. The molecule has 0 aliphatic heterocycles. The van der Waals surface area contributed by atoms with Gasteiger partial charge in [0.25, 0.3) is 0 Å². The molecule has 0 radical (unpaired) electrons. The van der Waals surface area contributed by atoms with Gasteiger partial charge in [-0.25, -0.2) is 0 Å². The second-order valence-electron chi connectivity index (χ2n) is 5.18. The fourth-order valence-corrected chi connectivity index (χ4v) is 2.16. The fourth-order valence-electron chi connectivity index (χ4n) is 2.16. The van der Waals surface area contributed by atoms with E-state index in [4.69, 9.17) is 15.3 Å². The summed E-state index contributed by atoms with van der Waals surface area (Å²) in [5.41, 5.74) is 1.62. The molecule has 0 fully saturated rings. The molecular weight excluding hydrogens is 250 g/mol. The average molecular weight is 271 g/mol. The minimum Gasteiger partial charge on any atom is -0.495 e. The minimum absolute atomic E-state index is 0.522. The van der Waals surface area contributed by atoms with Crippen LogP contribution in [0.25, 0.3) is 0 Å². The molecule has 106 valence electrons. The van der Waals surface area contributed by atoms with Crippen molar-refractivity contribution in [1.82, 2.24) is 4.90 Å². The largest absolute Gasteiger partial charge is 0.495 e. The van der Waals surface area contributed by atoms with Gasteiger partial charge in [-0.2, -0.15) is 10.5 Å². The number of hydrogen-bond donors (Lipinski definition) is 0. The molecule has 4 nitrogen and oxygen atoms in total. The van der Waals surface area contributed by atoms with Gasteiger partial charge >= 0.3 is 0 Å². The summed E-state index contributed by atoms with van der Waals surface area (Å²) in [4.78, 5) is 2.25. The highest BCUT2D eigenvalue weighted by Gasteiger charge is 2.10. The van der Waals surface area contributed by atoms with E-state index in [0.717, 1.165) is 25.2 Å². The summed E-state index contributed by atoms with van der Waals surface area (Å²) in [5.74, 6) is 1.14. The summed E-state index contributed by atoms with van der Waals surface area (Å²) in [6, 6.07) is 9.99. The SMILES string of the molecule is COc1ccc(CN(CCC#N)CC(C)C)cc1C#N. The first-order valence-corrected chi connectivity index (χ1v) is 6.77. The lowest BCUT2D eigenvalue weighted by molar-refractivity contribution is 0.241. The Hall–Kier alpha value is -2.04. The van der Waals surface area contributed by atoms with E-state index in [1.54, 1.807) is 7.11 Å². The maximum atomic E-state index is 9.11. The van der Waals surface area contributed by atoms with Crippen molar-refractivity contribution in [2.24, 2.45) is 5.92 Å². The molecule has 0 aromatic heterocycles. The van der Waals surface area contributed by atoms with Crippen LogP contribution in [0.3, 0.4) is 0 Å². The molecule has 0 saturated heterocycles. The van der Waals surface area contributed by atoms with Gasteiger partial charge < -0.3 is 4.74 Å². The molecule has 1 aromatic carbocycles. The van der Waals surface area contributed by atoms with Crippen molar-refractivity contribution in [3.63, 3.8) is 0 Å². The predicted octanol–water partition coefficient (Wildman–Crippen LogP) is 2.94. The maximum absolute atomic E-state index is 9.11. The number of hydrogen-bond acceptors (Lipinski definition) is 4. The van der Waals surface area contributed by atoms with E-state index in [1.165, 1.54) is 0 Å². The quantitative estimate of drug-likeness (QED) is 0.765. The van der Waals surface area contributed by atoms with Gasteiger partial charge in [0.1, 0.15) is 11.8 Å². The average Bonchev–Trinajstić information content (AvgIpc) is 2.44. The summed E-state index contributed by atoms with van der Waals surface area (Å²) >= 11 is 0. The van der Waals surface area contributed by atoms with Gasteiger partial charge in [-0.15, -0.1) is 0 Å². The van der Waals surface area contributed by atoms with Crippen molar-refractivity contribution >= 4 is 0 Å². The van der Waals surface area contributed by atoms with Gasteiger partial charge in [0.15, 0.2) is 0 Å². The van der Waals surface area contributed by atoms with Crippen LogP contribution >= 0.6 is 0 Å². The van der Waals surface area contributed by atoms with Crippen LogP contribution in [0.2, 0.25) is 0 Å². The van der Waals surface area contributed by atoms with Gasteiger partial charge in [0.05, 0.1) is 18.7 Å². The molecule has 1 rings (SSSR count). The third-order valence-electron chi connectivity index (χ3n) is 2.95. The topological polar surface area (TPSA) is 60.0 Å². The molecule has 0 heterocycles. The lowest BCUT2D eigenvalue weighted by Gasteiger charge is -2.23. The highest BCUT2D eigenvalue weighted by molar-refractivity contribution is 5.45. The van der Waals surface area contributed by atoms with E-state index in [9.17, 15) is 0 Å². The maximum Gasteiger partial charge on any atom is 0.136 e. The molecule has 20 heavy (non-hydrogen) atoms. The molecule has 0 saturated carbocycles. The lowest BCUT2D eigenvalue weighted by atomic mass is 10.1. The van der Waals surface area contributed by atoms with Crippen molar-refractivity contribution in [2.75, 3.05) is 20.2 Å². The summed E-state index contributed by atoms with van der Waals surface area (Å²) < 4.78 is 5.15. The Kier molecular flexibility index (Phi) is 6.56. The highest BCUT2D eigenvalue weighted by atomic mass is 16.5.